The Morgan fingerprint density at radius 1 is 0.439 bits per heavy atom. The van der Waals surface area contributed by atoms with Gasteiger partial charge in [0, 0.05) is 63.8 Å². The van der Waals surface area contributed by atoms with Gasteiger partial charge in [0.1, 0.15) is 0 Å². The fourth-order valence-electron chi connectivity index (χ4n) is 10.3. The van der Waals surface area contributed by atoms with E-state index in [4.69, 9.17) is 9.97 Å². The number of hydrogen-bond donors (Lipinski definition) is 0. The van der Waals surface area contributed by atoms with Gasteiger partial charge in [-0.2, -0.15) is 0 Å². The predicted molar refractivity (Wildman–Crippen MR) is 242 cm³/mol. The summed E-state index contributed by atoms with van der Waals surface area (Å²) in [4.78, 5) is 11.5. The van der Waals surface area contributed by atoms with Gasteiger partial charge in [0.2, 0.25) is 5.95 Å². The van der Waals surface area contributed by atoms with Crippen molar-refractivity contribution in [2.45, 2.75) is 19.3 Å². The van der Waals surface area contributed by atoms with Crippen LogP contribution in [0, 0.1) is 0 Å². The minimum atomic E-state index is -0.308. The molecule has 0 amide bonds. The van der Waals surface area contributed by atoms with Crippen LogP contribution in [-0.4, -0.2) is 14.5 Å². The SMILES string of the molecule is CC1(C)c2ccccc2-c2nc(-n3c4ccc5c6ccccc6c6ccccc6c5c4c4ccc5ccccc5c43)nc(-c3cccc4sc5ccccc5c34)c21. The number of thiophene rings is 1. The Bertz CT molecular complexity index is 3700. The average molecular weight is 744 g/mol. The van der Waals surface area contributed by atoms with E-state index in [2.05, 4.69) is 182 Å². The summed E-state index contributed by atoms with van der Waals surface area (Å²) in [5, 5.41) is 14.9. The molecule has 3 nitrogen and oxygen atoms in total. The van der Waals surface area contributed by atoms with Crippen LogP contribution < -0.4 is 0 Å². The summed E-state index contributed by atoms with van der Waals surface area (Å²) < 4.78 is 4.93. The maximum Gasteiger partial charge on any atom is 0.235 e. The van der Waals surface area contributed by atoms with Crippen LogP contribution in [-0.2, 0) is 5.41 Å². The lowest BCUT2D eigenvalue weighted by atomic mass is 9.80. The molecule has 0 saturated carbocycles. The van der Waals surface area contributed by atoms with Crippen LogP contribution >= 0.6 is 11.3 Å². The Morgan fingerprint density at radius 3 is 1.82 bits per heavy atom. The van der Waals surface area contributed by atoms with Crippen LogP contribution in [0.1, 0.15) is 25.0 Å². The van der Waals surface area contributed by atoms with Crippen molar-refractivity contribution in [3.05, 3.63) is 175 Å². The highest BCUT2D eigenvalue weighted by Crippen LogP contribution is 2.53. The van der Waals surface area contributed by atoms with Crippen LogP contribution in [0.25, 0.3) is 114 Å². The molecule has 1 aliphatic carbocycles. The minimum Gasteiger partial charge on any atom is -0.277 e. The van der Waals surface area contributed by atoms with Crippen LogP contribution in [0.15, 0.2) is 164 Å². The molecule has 0 unspecified atom stereocenters. The zero-order chi connectivity index (χ0) is 37.6. The highest BCUT2D eigenvalue weighted by atomic mass is 32.1. The van der Waals surface area contributed by atoms with Crippen LogP contribution in [0.5, 0.6) is 0 Å². The molecule has 0 bridgehead atoms. The molecule has 3 aromatic heterocycles. The first kappa shape index (κ1) is 31.3. The number of fused-ring (bicyclic) bond motifs is 18. The second-order valence-electron chi connectivity index (χ2n) is 16.0. The topological polar surface area (TPSA) is 30.7 Å². The summed E-state index contributed by atoms with van der Waals surface area (Å²) in [6.45, 7) is 4.68. The second kappa shape index (κ2) is 11.1. The Morgan fingerprint density at radius 2 is 1.02 bits per heavy atom. The summed E-state index contributed by atoms with van der Waals surface area (Å²) in [7, 11) is 0. The largest absolute Gasteiger partial charge is 0.277 e. The zero-order valence-electron chi connectivity index (χ0n) is 31.3. The van der Waals surface area contributed by atoms with E-state index in [0.29, 0.717) is 5.95 Å². The molecule has 0 fully saturated rings. The van der Waals surface area contributed by atoms with E-state index in [9.17, 15) is 0 Å². The molecule has 0 spiro atoms. The van der Waals surface area contributed by atoms with Gasteiger partial charge in [-0.05, 0) is 56.1 Å². The summed E-state index contributed by atoms with van der Waals surface area (Å²) in [5.74, 6) is 0.689. The van der Waals surface area contributed by atoms with Crippen LogP contribution in [0.4, 0.5) is 0 Å². The highest BCUT2D eigenvalue weighted by molar-refractivity contribution is 7.25. The van der Waals surface area contributed by atoms with Crippen LogP contribution in [0.2, 0.25) is 0 Å². The number of aromatic nitrogens is 3. The molecule has 0 atom stereocenters. The van der Waals surface area contributed by atoms with E-state index in [0.717, 1.165) is 28.0 Å². The van der Waals surface area contributed by atoms with Crippen molar-refractivity contribution in [2.24, 2.45) is 0 Å². The fourth-order valence-corrected chi connectivity index (χ4v) is 11.5. The van der Waals surface area contributed by atoms with E-state index >= 15 is 0 Å². The molecule has 57 heavy (non-hydrogen) atoms. The normalized spacial score (nSPS) is 13.6. The highest BCUT2D eigenvalue weighted by Gasteiger charge is 2.40. The molecule has 0 aliphatic heterocycles. The Balaban J connectivity index is 1.25. The first-order valence-corrected chi connectivity index (χ1v) is 20.5. The van der Waals surface area contributed by atoms with Crippen molar-refractivity contribution < 1.29 is 0 Å². The lowest BCUT2D eigenvalue weighted by Crippen LogP contribution is -2.18. The third-order valence-corrected chi connectivity index (χ3v) is 13.9. The third kappa shape index (κ3) is 4.05. The van der Waals surface area contributed by atoms with E-state index in [1.807, 2.05) is 11.3 Å². The van der Waals surface area contributed by atoms with E-state index < -0.39 is 0 Å². The first-order chi connectivity index (χ1) is 28.1. The van der Waals surface area contributed by atoms with Crippen molar-refractivity contribution in [1.82, 2.24) is 14.5 Å². The Labute approximate surface area is 332 Å². The quantitative estimate of drug-likeness (QED) is 0.165. The van der Waals surface area contributed by atoms with Gasteiger partial charge < -0.3 is 0 Å². The summed E-state index contributed by atoms with van der Waals surface area (Å²) in [6, 6.07) is 60.1. The molecule has 266 valence electrons. The maximum absolute atomic E-state index is 5.83. The van der Waals surface area contributed by atoms with Gasteiger partial charge >= 0.3 is 0 Å². The van der Waals surface area contributed by atoms with Gasteiger partial charge in [-0.1, -0.05) is 159 Å². The predicted octanol–water partition coefficient (Wildman–Crippen LogP) is 14.5. The van der Waals surface area contributed by atoms with E-state index in [1.165, 1.54) is 90.7 Å². The van der Waals surface area contributed by atoms with E-state index in [-0.39, 0.29) is 5.41 Å². The summed E-state index contributed by atoms with van der Waals surface area (Å²) in [5.41, 5.74) is 8.73. The average Bonchev–Trinajstić information content (AvgIpc) is 3.89. The monoisotopic (exact) mass is 743 g/mol. The number of rotatable bonds is 2. The van der Waals surface area contributed by atoms with Gasteiger partial charge in [-0.3, -0.25) is 4.57 Å². The van der Waals surface area contributed by atoms with Crippen molar-refractivity contribution in [1.29, 1.82) is 0 Å². The molecule has 0 radical (unpaired) electrons. The molecular weight excluding hydrogens is 711 g/mol. The number of hydrogen-bond acceptors (Lipinski definition) is 3. The molecule has 9 aromatic carbocycles. The first-order valence-electron chi connectivity index (χ1n) is 19.7. The van der Waals surface area contributed by atoms with E-state index in [1.54, 1.807) is 0 Å². The Kier molecular flexibility index (Phi) is 6.12. The molecule has 13 rings (SSSR count). The summed E-state index contributed by atoms with van der Waals surface area (Å²) in [6.07, 6.45) is 0. The minimum absolute atomic E-state index is 0.308. The van der Waals surface area contributed by atoms with Gasteiger partial charge in [0.15, 0.2) is 0 Å². The van der Waals surface area contributed by atoms with Gasteiger partial charge in [0.25, 0.3) is 0 Å². The maximum atomic E-state index is 5.83. The van der Waals surface area contributed by atoms with Gasteiger partial charge in [-0.15, -0.1) is 11.3 Å². The van der Waals surface area contributed by atoms with Crippen molar-refractivity contribution in [3.8, 4) is 28.5 Å². The van der Waals surface area contributed by atoms with Gasteiger partial charge in [-0.25, -0.2) is 9.97 Å². The molecule has 3 heterocycles. The number of nitrogens with zero attached hydrogens (tertiary/aromatic N) is 3. The Hall–Kier alpha value is -6.88. The third-order valence-electron chi connectivity index (χ3n) is 12.8. The molecule has 1 aliphatic rings. The van der Waals surface area contributed by atoms with Crippen molar-refractivity contribution >= 4 is 96.4 Å². The lowest BCUT2D eigenvalue weighted by Gasteiger charge is -2.24. The lowest BCUT2D eigenvalue weighted by molar-refractivity contribution is 0.657. The fraction of sp³-hybridized carbons (Fsp3) is 0.0566. The van der Waals surface area contributed by atoms with Crippen molar-refractivity contribution in [2.75, 3.05) is 0 Å². The van der Waals surface area contributed by atoms with Gasteiger partial charge in [0.05, 0.1) is 22.4 Å². The van der Waals surface area contributed by atoms with Crippen molar-refractivity contribution in [3.63, 3.8) is 0 Å². The molecule has 0 saturated heterocycles. The molecular formula is C53H33N3S. The second-order valence-corrected chi connectivity index (χ2v) is 17.1. The smallest absolute Gasteiger partial charge is 0.235 e. The van der Waals surface area contributed by atoms with Crippen LogP contribution in [0.3, 0.4) is 0 Å². The number of benzene rings is 9. The zero-order valence-corrected chi connectivity index (χ0v) is 32.2. The molecule has 0 N–H and O–H groups in total. The molecule has 12 aromatic rings. The summed E-state index contributed by atoms with van der Waals surface area (Å²) >= 11 is 1.85. The standard InChI is InChI=1S/C53H33N3S/c1-53(2)41-23-11-9-20-37(41)49-48(53)50(39-22-13-25-44-45(39)38-21-10-12-24-43(38)57-44)55-52(54-49)56-42-29-28-36-34-18-6-5-16-32(34)33-17-7-8-19-35(33)46(36)47(42)40-27-26-30-14-3-4-15-31(30)51(40)56/h3-29H,1-2H3. The molecule has 4 heteroatoms.